The van der Waals surface area contributed by atoms with Crippen molar-refractivity contribution < 1.29 is 9.47 Å². The average molecular weight is 274 g/mol. The third-order valence-corrected chi connectivity index (χ3v) is 3.93. The molecule has 0 aromatic heterocycles. The fourth-order valence-corrected chi connectivity index (χ4v) is 2.71. The van der Waals surface area contributed by atoms with Crippen LogP contribution in [0.1, 0.15) is 25.7 Å². The Labute approximate surface area is 120 Å². The number of nitrogens with two attached hydrogens (primary N) is 1. The minimum absolute atomic E-state index is 0.266. The van der Waals surface area contributed by atoms with Crippen LogP contribution >= 0.6 is 0 Å². The van der Waals surface area contributed by atoms with Gasteiger partial charge in [0.2, 0.25) is 0 Å². The lowest BCUT2D eigenvalue weighted by atomic mass is 9.87. The number of rotatable bonds is 7. The Bertz CT molecular complexity index is 444. The van der Waals surface area contributed by atoms with E-state index in [0.29, 0.717) is 19.8 Å². The third-order valence-electron chi connectivity index (χ3n) is 3.93. The van der Waals surface area contributed by atoms with E-state index in [0.717, 1.165) is 31.4 Å². The van der Waals surface area contributed by atoms with Gasteiger partial charge in [-0.25, -0.2) is 0 Å². The molecule has 0 bridgehead atoms. The number of hydrogen-bond donors (Lipinski definition) is 1. The van der Waals surface area contributed by atoms with Crippen molar-refractivity contribution in [3.05, 3.63) is 30.3 Å². The summed E-state index contributed by atoms with van der Waals surface area (Å²) in [4.78, 5) is 0. The fraction of sp³-hybridized carbons (Fsp3) is 0.562. The number of nitrogens with zero attached hydrogens (tertiary/aromatic N) is 1. The summed E-state index contributed by atoms with van der Waals surface area (Å²) in [7, 11) is 0. The van der Waals surface area contributed by atoms with Crippen molar-refractivity contribution in [2.75, 3.05) is 19.8 Å². The van der Waals surface area contributed by atoms with E-state index in [1.165, 1.54) is 0 Å². The summed E-state index contributed by atoms with van der Waals surface area (Å²) in [5.74, 6) is 1.12. The maximum absolute atomic E-state index is 9.13. The van der Waals surface area contributed by atoms with Crippen molar-refractivity contribution >= 4 is 0 Å². The minimum Gasteiger partial charge on any atom is -0.491 e. The van der Waals surface area contributed by atoms with Gasteiger partial charge in [-0.05, 0) is 37.3 Å². The molecular formula is C16H22N2O2. The summed E-state index contributed by atoms with van der Waals surface area (Å²) in [6.45, 7) is 1.75. The topological polar surface area (TPSA) is 68.3 Å². The van der Waals surface area contributed by atoms with Crippen LogP contribution in [-0.2, 0) is 4.74 Å². The lowest BCUT2D eigenvalue weighted by Gasteiger charge is -2.23. The maximum Gasteiger partial charge on any atom is 0.119 e. The van der Waals surface area contributed by atoms with E-state index in [-0.39, 0.29) is 5.92 Å². The first-order chi connectivity index (χ1) is 9.74. The summed E-state index contributed by atoms with van der Waals surface area (Å²) in [6, 6.07) is 12.0. The van der Waals surface area contributed by atoms with Gasteiger partial charge in [-0.2, -0.15) is 5.26 Å². The Morgan fingerprint density at radius 3 is 2.80 bits per heavy atom. The van der Waals surface area contributed by atoms with Crippen LogP contribution in [0.4, 0.5) is 0 Å². The Balaban J connectivity index is 1.57. The van der Waals surface area contributed by atoms with Crippen molar-refractivity contribution in [2.24, 2.45) is 11.7 Å². The highest BCUT2D eigenvalue weighted by Crippen LogP contribution is 2.35. The van der Waals surface area contributed by atoms with Gasteiger partial charge >= 0.3 is 0 Å². The highest BCUT2D eigenvalue weighted by Gasteiger charge is 2.39. The van der Waals surface area contributed by atoms with E-state index >= 15 is 0 Å². The Hall–Kier alpha value is -1.57. The molecule has 1 aromatic carbocycles. The molecule has 1 aromatic rings. The summed E-state index contributed by atoms with van der Waals surface area (Å²) >= 11 is 0. The summed E-state index contributed by atoms with van der Waals surface area (Å²) in [5.41, 5.74) is 5.44. The van der Waals surface area contributed by atoms with Crippen LogP contribution in [-0.4, -0.2) is 25.4 Å². The van der Waals surface area contributed by atoms with Gasteiger partial charge < -0.3 is 15.2 Å². The number of ether oxygens (including phenoxy) is 2. The summed E-state index contributed by atoms with van der Waals surface area (Å²) in [6.07, 6.45) is 3.75. The number of nitriles is 1. The number of benzene rings is 1. The first kappa shape index (κ1) is 14.8. The summed E-state index contributed by atoms with van der Waals surface area (Å²) in [5, 5.41) is 9.13. The van der Waals surface area contributed by atoms with Gasteiger partial charge in [-0.1, -0.05) is 24.6 Å². The molecule has 20 heavy (non-hydrogen) atoms. The van der Waals surface area contributed by atoms with E-state index in [9.17, 15) is 0 Å². The molecule has 1 saturated carbocycles. The van der Waals surface area contributed by atoms with Gasteiger partial charge in [-0.15, -0.1) is 0 Å². The van der Waals surface area contributed by atoms with E-state index in [1.54, 1.807) is 0 Å². The molecule has 0 heterocycles. The molecule has 2 rings (SSSR count). The molecule has 1 aliphatic rings. The van der Waals surface area contributed by atoms with Crippen molar-refractivity contribution in [3.63, 3.8) is 0 Å². The molecule has 1 aliphatic carbocycles. The highest BCUT2D eigenvalue weighted by molar-refractivity contribution is 5.20. The molecule has 0 radical (unpaired) electrons. The molecule has 4 heteroatoms. The van der Waals surface area contributed by atoms with Crippen molar-refractivity contribution in [3.8, 4) is 11.8 Å². The number of hydrogen-bond acceptors (Lipinski definition) is 4. The fourth-order valence-electron chi connectivity index (χ4n) is 2.71. The summed E-state index contributed by atoms with van der Waals surface area (Å²) < 4.78 is 11.1. The molecular weight excluding hydrogens is 252 g/mol. The zero-order valence-corrected chi connectivity index (χ0v) is 11.8. The molecule has 108 valence electrons. The standard InChI is InChI=1S/C16H22N2O2/c17-13-16(18)9-4-5-14(16)8-10-19-11-12-20-15-6-2-1-3-7-15/h1-3,6-7,14H,4-5,8-12,18H2. The van der Waals surface area contributed by atoms with Gasteiger partial charge in [0, 0.05) is 6.61 Å². The van der Waals surface area contributed by atoms with Crippen LogP contribution in [0.5, 0.6) is 5.75 Å². The van der Waals surface area contributed by atoms with Crippen LogP contribution < -0.4 is 10.5 Å². The molecule has 2 atom stereocenters. The van der Waals surface area contributed by atoms with Crippen molar-refractivity contribution in [1.29, 1.82) is 5.26 Å². The zero-order valence-electron chi connectivity index (χ0n) is 11.8. The second-order valence-corrected chi connectivity index (χ2v) is 5.30. The van der Waals surface area contributed by atoms with Gasteiger partial charge in [-0.3, -0.25) is 0 Å². The number of para-hydroxylation sites is 1. The van der Waals surface area contributed by atoms with Crippen LogP contribution in [0, 0.1) is 17.2 Å². The lowest BCUT2D eigenvalue weighted by Crippen LogP contribution is -2.42. The molecule has 1 fully saturated rings. The quantitative estimate of drug-likeness (QED) is 0.776. The Morgan fingerprint density at radius 2 is 2.05 bits per heavy atom. The van der Waals surface area contributed by atoms with Crippen LogP contribution in [0.2, 0.25) is 0 Å². The first-order valence-corrected chi connectivity index (χ1v) is 7.20. The second-order valence-electron chi connectivity index (χ2n) is 5.30. The molecule has 2 N–H and O–H groups in total. The normalized spacial score (nSPS) is 25.3. The zero-order chi connectivity index (χ0) is 14.3. The van der Waals surface area contributed by atoms with Crippen molar-refractivity contribution in [1.82, 2.24) is 0 Å². The largest absolute Gasteiger partial charge is 0.491 e. The predicted octanol–water partition coefficient (Wildman–Crippen LogP) is 2.49. The Kier molecular flexibility index (Phi) is 5.40. The molecule has 4 nitrogen and oxygen atoms in total. The average Bonchev–Trinajstić information content (AvgIpc) is 2.86. The minimum atomic E-state index is -0.635. The lowest BCUT2D eigenvalue weighted by molar-refractivity contribution is 0.0868. The monoisotopic (exact) mass is 274 g/mol. The van der Waals surface area contributed by atoms with E-state index in [1.807, 2.05) is 30.3 Å². The van der Waals surface area contributed by atoms with E-state index in [2.05, 4.69) is 6.07 Å². The van der Waals surface area contributed by atoms with Crippen LogP contribution in [0.15, 0.2) is 30.3 Å². The second kappa shape index (κ2) is 7.28. The van der Waals surface area contributed by atoms with Crippen LogP contribution in [0.25, 0.3) is 0 Å². The Morgan fingerprint density at radius 1 is 1.25 bits per heavy atom. The third kappa shape index (κ3) is 3.96. The van der Waals surface area contributed by atoms with E-state index in [4.69, 9.17) is 20.5 Å². The maximum atomic E-state index is 9.13. The van der Waals surface area contributed by atoms with Gasteiger partial charge in [0.15, 0.2) is 0 Å². The SMILES string of the molecule is N#CC1(N)CCCC1CCOCCOc1ccccc1. The van der Waals surface area contributed by atoms with Gasteiger partial charge in [0.05, 0.1) is 12.7 Å². The first-order valence-electron chi connectivity index (χ1n) is 7.20. The molecule has 0 amide bonds. The molecule has 2 unspecified atom stereocenters. The predicted molar refractivity (Wildman–Crippen MR) is 77.2 cm³/mol. The van der Waals surface area contributed by atoms with Crippen molar-refractivity contribution in [2.45, 2.75) is 31.2 Å². The molecule has 0 spiro atoms. The van der Waals surface area contributed by atoms with Crippen LogP contribution in [0.3, 0.4) is 0 Å². The molecule has 0 aliphatic heterocycles. The van der Waals surface area contributed by atoms with E-state index < -0.39 is 5.54 Å². The van der Waals surface area contributed by atoms with Gasteiger partial charge in [0.1, 0.15) is 17.9 Å². The smallest absolute Gasteiger partial charge is 0.119 e. The highest BCUT2D eigenvalue weighted by atomic mass is 16.5. The van der Waals surface area contributed by atoms with Gasteiger partial charge in [0.25, 0.3) is 0 Å². The molecule has 0 saturated heterocycles.